The Morgan fingerprint density at radius 3 is 2.06 bits per heavy atom. The third kappa shape index (κ3) is 5.35. The van der Waals surface area contributed by atoms with Crippen LogP contribution >= 0.6 is 0 Å². The van der Waals surface area contributed by atoms with Crippen LogP contribution in [0.5, 0.6) is 0 Å². The molecule has 2 rings (SSSR count). The molecule has 0 unspecified atom stereocenters. The van der Waals surface area contributed by atoms with Crippen LogP contribution in [0.3, 0.4) is 0 Å². The van der Waals surface area contributed by atoms with E-state index in [4.69, 9.17) is 0 Å². The first kappa shape index (κ1) is 14.4. The number of hydrogen-bond acceptors (Lipinski definition) is 1. The largest absolute Gasteiger partial charge is 0.345 e. The summed E-state index contributed by atoms with van der Waals surface area (Å²) < 4.78 is 0. The molecule has 2 aromatic rings. The fourth-order valence-corrected chi connectivity index (χ4v) is 1.02. The predicted molar refractivity (Wildman–Crippen MR) is 71.3 cm³/mol. The summed E-state index contributed by atoms with van der Waals surface area (Å²) in [4.78, 5) is 7.17. The van der Waals surface area contributed by atoms with Gasteiger partial charge in [-0.2, -0.15) is 0 Å². The van der Waals surface area contributed by atoms with Gasteiger partial charge < -0.3 is 4.98 Å². The van der Waals surface area contributed by atoms with E-state index in [0.29, 0.717) is 0 Å². The second kappa shape index (κ2) is 9.97. The van der Waals surface area contributed by atoms with Crippen molar-refractivity contribution in [1.29, 1.82) is 0 Å². The summed E-state index contributed by atoms with van der Waals surface area (Å²) in [6.07, 6.45) is 4.82. The van der Waals surface area contributed by atoms with E-state index in [9.17, 15) is 0 Å². The minimum absolute atomic E-state index is 0.922. The van der Waals surface area contributed by atoms with Gasteiger partial charge in [0.1, 0.15) is 5.82 Å². The summed E-state index contributed by atoms with van der Waals surface area (Å²) in [5.41, 5.74) is 1.12. The highest BCUT2D eigenvalue weighted by Gasteiger charge is 1.94. The summed E-state index contributed by atoms with van der Waals surface area (Å²) in [5.74, 6) is 0.922. The molecule has 1 aromatic carbocycles. The standard InChI is InChI=1S/C9H8N2.C3H8.C2H6/c1-2-4-8(5-3-1)9-10-6-7-11-9;1-3-2;1-2/h1-7H,(H,10,11);3H2,1-2H3;1-2H3. The highest BCUT2D eigenvalue weighted by Crippen LogP contribution is 2.11. The van der Waals surface area contributed by atoms with Gasteiger partial charge in [-0.3, -0.25) is 0 Å². The first-order valence-electron chi connectivity index (χ1n) is 5.93. The zero-order valence-electron chi connectivity index (χ0n) is 10.7. The topological polar surface area (TPSA) is 28.7 Å². The molecule has 0 saturated carbocycles. The van der Waals surface area contributed by atoms with Crippen LogP contribution in [0.4, 0.5) is 0 Å². The Morgan fingerprint density at radius 2 is 1.62 bits per heavy atom. The molecule has 88 valence electrons. The van der Waals surface area contributed by atoms with E-state index in [1.165, 1.54) is 6.42 Å². The minimum Gasteiger partial charge on any atom is -0.345 e. The second-order valence-corrected chi connectivity index (χ2v) is 3.01. The number of imidazole rings is 1. The van der Waals surface area contributed by atoms with Gasteiger partial charge in [-0.05, 0) is 0 Å². The third-order valence-corrected chi connectivity index (χ3v) is 1.55. The predicted octanol–water partition coefficient (Wildman–Crippen LogP) is 4.52. The molecule has 0 aliphatic heterocycles. The van der Waals surface area contributed by atoms with E-state index < -0.39 is 0 Å². The van der Waals surface area contributed by atoms with Crippen molar-refractivity contribution in [1.82, 2.24) is 9.97 Å². The maximum Gasteiger partial charge on any atom is 0.137 e. The number of H-pyrrole nitrogens is 1. The van der Waals surface area contributed by atoms with Gasteiger partial charge in [-0.15, -0.1) is 0 Å². The van der Waals surface area contributed by atoms with Crippen LogP contribution in [0.1, 0.15) is 34.1 Å². The molecule has 16 heavy (non-hydrogen) atoms. The lowest BCUT2D eigenvalue weighted by atomic mass is 10.2. The van der Waals surface area contributed by atoms with E-state index in [-0.39, 0.29) is 0 Å². The van der Waals surface area contributed by atoms with Gasteiger partial charge in [-0.25, -0.2) is 4.98 Å². The Balaban J connectivity index is 0.000000394. The van der Waals surface area contributed by atoms with Gasteiger partial charge >= 0.3 is 0 Å². The van der Waals surface area contributed by atoms with Crippen molar-refractivity contribution >= 4 is 0 Å². The molecule has 1 aromatic heterocycles. The van der Waals surface area contributed by atoms with Crippen LogP contribution in [-0.4, -0.2) is 9.97 Å². The van der Waals surface area contributed by atoms with Crippen LogP contribution in [0, 0.1) is 0 Å². The van der Waals surface area contributed by atoms with Crippen LogP contribution < -0.4 is 0 Å². The number of nitrogens with one attached hydrogen (secondary N) is 1. The minimum atomic E-state index is 0.922. The second-order valence-electron chi connectivity index (χ2n) is 3.01. The average molecular weight is 218 g/mol. The number of aromatic amines is 1. The third-order valence-electron chi connectivity index (χ3n) is 1.55. The maximum absolute atomic E-state index is 4.13. The highest BCUT2D eigenvalue weighted by molar-refractivity contribution is 5.53. The number of nitrogens with zero attached hydrogens (tertiary/aromatic N) is 1. The quantitative estimate of drug-likeness (QED) is 0.749. The van der Waals surface area contributed by atoms with Gasteiger partial charge in [0.25, 0.3) is 0 Å². The van der Waals surface area contributed by atoms with Gasteiger partial charge in [-0.1, -0.05) is 64.4 Å². The monoisotopic (exact) mass is 218 g/mol. The van der Waals surface area contributed by atoms with Crippen LogP contribution in [-0.2, 0) is 0 Å². The van der Waals surface area contributed by atoms with Crippen LogP contribution in [0.15, 0.2) is 42.7 Å². The van der Waals surface area contributed by atoms with E-state index in [1.54, 1.807) is 6.20 Å². The van der Waals surface area contributed by atoms with E-state index >= 15 is 0 Å². The summed E-state index contributed by atoms with van der Waals surface area (Å²) >= 11 is 0. The smallest absolute Gasteiger partial charge is 0.137 e. The fraction of sp³-hybridized carbons (Fsp3) is 0.357. The molecule has 0 aliphatic carbocycles. The lowest BCUT2D eigenvalue weighted by molar-refractivity contribution is 1.09. The normalized spacial score (nSPS) is 8.25. The molecule has 1 N–H and O–H groups in total. The van der Waals surface area contributed by atoms with E-state index in [0.717, 1.165) is 11.4 Å². The Labute approximate surface area is 98.8 Å². The lowest BCUT2D eigenvalue weighted by Crippen LogP contribution is -1.77. The number of rotatable bonds is 1. The van der Waals surface area contributed by atoms with Crippen molar-refractivity contribution in [3.8, 4) is 11.4 Å². The Kier molecular flexibility index (Phi) is 8.99. The molecule has 0 atom stereocenters. The first-order chi connectivity index (χ1) is 7.88. The number of aromatic nitrogens is 2. The van der Waals surface area contributed by atoms with Crippen molar-refractivity contribution < 1.29 is 0 Å². The molecule has 0 spiro atoms. The fourth-order valence-electron chi connectivity index (χ4n) is 1.02. The summed E-state index contributed by atoms with van der Waals surface area (Å²) in [5, 5.41) is 0. The van der Waals surface area contributed by atoms with Crippen molar-refractivity contribution in [3.63, 3.8) is 0 Å². The van der Waals surface area contributed by atoms with Gasteiger partial charge in [0.15, 0.2) is 0 Å². The molecule has 2 nitrogen and oxygen atoms in total. The molecule has 0 aliphatic rings. The molecule has 0 fully saturated rings. The van der Waals surface area contributed by atoms with Crippen molar-refractivity contribution in [2.45, 2.75) is 34.1 Å². The SMILES string of the molecule is CC.CCC.c1ccc(-c2ncc[nH]2)cc1. The van der Waals surface area contributed by atoms with Gasteiger partial charge in [0, 0.05) is 18.0 Å². The lowest BCUT2D eigenvalue weighted by Gasteiger charge is -1.92. The Morgan fingerprint density at radius 1 is 1.06 bits per heavy atom. The summed E-state index contributed by atoms with van der Waals surface area (Å²) in [6, 6.07) is 10.0. The van der Waals surface area contributed by atoms with Crippen LogP contribution in [0.25, 0.3) is 11.4 Å². The molecule has 0 saturated heterocycles. The number of benzene rings is 1. The van der Waals surface area contributed by atoms with Crippen LogP contribution in [0.2, 0.25) is 0 Å². The zero-order valence-corrected chi connectivity index (χ0v) is 10.7. The zero-order chi connectivity index (χ0) is 12.2. The summed E-state index contributed by atoms with van der Waals surface area (Å²) in [6.45, 7) is 8.25. The molecule has 0 radical (unpaired) electrons. The molecular weight excluding hydrogens is 196 g/mol. The maximum atomic E-state index is 4.13. The molecular formula is C14H22N2. The van der Waals surface area contributed by atoms with Crippen molar-refractivity contribution in [2.75, 3.05) is 0 Å². The molecule has 1 heterocycles. The highest BCUT2D eigenvalue weighted by atomic mass is 14.9. The van der Waals surface area contributed by atoms with Crippen molar-refractivity contribution in [3.05, 3.63) is 42.7 Å². The molecule has 0 bridgehead atoms. The van der Waals surface area contributed by atoms with E-state index in [2.05, 4.69) is 23.8 Å². The Bertz CT molecular complexity index is 325. The van der Waals surface area contributed by atoms with Gasteiger partial charge in [0.05, 0.1) is 0 Å². The number of hydrogen-bond donors (Lipinski definition) is 1. The molecule has 0 amide bonds. The van der Waals surface area contributed by atoms with Gasteiger partial charge in [0.2, 0.25) is 0 Å². The summed E-state index contributed by atoms with van der Waals surface area (Å²) in [7, 11) is 0. The van der Waals surface area contributed by atoms with E-state index in [1.807, 2.05) is 50.4 Å². The Hall–Kier alpha value is -1.57. The first-order valence-corrected chi connectivity index (χ1v) is 5.93. The van der Waals surface area contributed by atoms with Crippen molar-refractivity contribution in [2.24, 2.45) is 0 Å². The molecule has 2 heteroatoms. The average Bonchev–Trinajstić information content (AvgIpc) is 2.87.